The van der Waals surface area contributed by atoms with Crippen LogP contribution in [0.2, 0.25) is 0 Å². The van der Waals surface area contributed by atoms with Crippen molar-refractivity contribution >= 4 is 23.4 Å². The van der Waals surface area contributed by atoms with Crippen molar-refractivity contribution in [2.75, 3.05) is 5.88 Å². The summed E-state index contributed by atoms with van der Waals surface area (Å²) in [5.74, 6) is 0.0718. The number of nitrogens with one attached hydrogen (secondary N) is 2. The zero-order valence-corrected chi connectivity index (χ0v) is 13.5. The Morgan fingerprint density at radius 2 is 2.18 bits per heavy atom. The van der Waals surface area contributed by atoms with Crippen LogP contribution in [-0.4, -0.2) is 21.3 Å². The summed E-state index contributed by atoms with van der Waals surface area (Å²) in [5, 5.41) is 2.64. The molecule has 1 unspecified atom stereocenters. The number of nitrogens with zero attached hydrogens (tertiary/aromatic N) is 1. The van der Waals surface area contributed by atoms with E-state index in [-0.39, 0.29) is 23.7 Å². The van der Waals surface area contributed by atoms with E-state index < -0.39 is 23.0 Å². The summed E-state index contributed by atoms with van der Waals surface area (Å²) < 4.78 is 39.9. The highest BCUT2D eigenvalue weighted by molar-refractivity contribution is 8.02. The fourth-order valence-electron chi connectivity index (χ4n) is 1.90. The van der Waals surface area contributed by atoms with Gasteiger partial charge >= 0.3 is 6.18 Å². The lowest BCUT2D eigenvalue weighted by atomic mass is 10.1. The molecule has 0 aromatic carbocycles. The summed E-state index contributed by atoms with van der Waals surface area (Å²) in [5.41, 5.74) is -0.0806. The summed E-state index contributed by atoms with van der Waals surface area (Å²) >= 11 is 6.79. The van der Waals surface area contributed by atoms with Crippen molar-refractivity contribution in [1.29, 1.82) is 0 Å². The van der Waals surface area contributed by atoms with E-state index >= 15 is 0 Å². The molecule has 0 spiro atoms. The first-order valence-corrected chi connectivity index (χ1v) is 7.96. The van der Waals surface area contributed by atoms with Gasteiger partial charge in [0, 0.05) is 12.3 Å². The van der Waals surface area contributed by atoms with E-state index in [0.29, 0.717) is 5.03 Å². The number of hydrogen-bond acceptors (Lipinski definition) is 4. The first-order chi connectivity index (χ1) is 10.2. The van der Waals surface area contributed by atoms with Crippen LogP contribution in [0.3, 0.4) is 0 Å². The predicted molar refractivity (Wildman–Crippen MR) is 78.5 cm³/mol. The van der Waals surface area contributed by atoms with Gasteiger partial charge in [-0.2, -0.15) is 13.2 Å². The lowest BCUT2D eigenvalue weighted by molar-refractivity contribution is -0.142. The zero-order valence-electron chi connectivity index (χ0n) is 11.9. The number of thioether (sulfide) groups is 1. The Hall–Kier alpha value is -1.06. The van der Waals surface area contributed by atoms with Crippen LogP contribution < -0.4 is 11.0 Å². The molecule has 1 aliphatic heterocycles. The average molecular weight is 358 g/mol. The van der Waals surface area contributed by atoms with Gasteiger partial charge in [-0.1, -0.05) is 0 Å². The van der Waals surface area contributed by atoms with Crippen LogP contribution >= 0.6 is 23.4 Å². The second-order valence-corrected chi connectivity index (χ2v) is 6.24. The van der Waals surface area contributed by atoms with Gasteiger partial charge in [0.1, 0.15) is 11.3 Å². The Morgan fingerprint density at radius 3 is 2.68 bits per heavy atom. The molecule has 2 rings (SSSR count). The number of halogens is 4. The summed E-state index contributed by atoms with van der Waals surface area (Å²) in [7, 11) is 0. The van der Waals surface area contributed by atoms with Gasteiger partial charge in [-0.25, -0.2) is 0 Å². The molecule has 0 saturated carbocycles. The Morgan fingerprint density at radius 1 is 1.50 bits per heavy atom. The van der Waals surface area contributed by atoms with E-state index in [9.17, 15) is 18.0 Å². The predicted octanol–water partition coefficient (Wildman–Crippen LogP) is 2.82. The van der Waals surface area contributed by atoms with E-state index in [2.05, 4.69) is 10.6 Å². The lowest BCUT2D eigenvalue weighted by Gasteiger charge is -2.14. The van der Waals surface area contributed by atoms with Crippen molar-refractivity contribution in [2.24, 2.45) is 0 Å². The molecule has 124 valence electrons. The van der Waals surface area contributed by atoms with Crippen molar-refractivity contribution in [2.45, 2.75) is 37.9 Å². The molecule has 0 radical (unpaired) electrons. The molecule has 0 aliphatic carbocycles. The van der Waals surface area contributed by atoms with Crippen LogP contribution in [0.4, 0.5) is 13.2 Å². The third-order valence-corrected chi connectivity index (χ3v) is 4.59. The van der Waals surface area contributed by atoms with Crippen LogP contribution in [0.15, 0.2) is 15.9 Å². The fraction of sp³-hybridized carbons (Fsp3) is 0.583. The van der Waals surface area contributed by atoms with Gasteiger partial charge in [0.15, 0.2) is 0 Å². The second kappa shape index (κ2) is 6.21. The van der Waals surface area contributed by atoms with Gasteiger partial charge in [-0.05, 0) is 19.9 Å². The Balaban J connectivity index is 2.22. The van der Waals surface area contributed by atoms with Crippen LogP contribution in [0, 0.1) is 0 Å². The number of hydrogen-bond donors (Lipinski definition) is 2. The zero-order chi connectivity index (χ0) is 16.5. The Bertz CT molecular complexity index is 641. The number of H-pyrrole nitrogens is 1. The maximum absolute atomic E-state index is 13.0. The monoisotopic (exact) mass is 357 g/mol. The number of aromatic amines is 1. The molecule has 1 aromatic heterocycles. The summed E-state index contributed by atoms with van der Waals surface area (Å²) in [6.45, 7) is 3.47. The molecule has 10 heteroatoms. The lowest BCUT2D eigenvalue weighted by Crippen LogP contribution is -2.27. The molecule has 0 bridgehead atoms. The molecular formula is C12H15ClF3N3O2S. The number of aryl methyl sites for hydroxylation is 1. The molecule has 1 aromatic rings. The quantitative estimate of drug-likeness (QED) is 0.796. The average Bonchev–Trinajstić information content (AvgIpc) is 2.98. The molecular weight excluding hydrogens is 343 g/mol. The number of hydroxylamine groups is 1. The van der Waals surface area contributed by atoms with E-state index in [1.165, 1.54) is 0 Å². The summed E-state index contributed by atoms with van der Waals surface area (Å²) in [6, 6.07) is 0. The number of alkyl halides is 4. The minimum Gasteiger partial charge on any atom is -0.291 e. The first kappa shape index (κ1) is 17.3. The standard InChI is InChI=1S/C12H15ClF3N3O2S/c1-3-19-10(20)7(9(17-19)12(14,15)16)5-22-8-4-11(2,6-13)21-18-8/h4,17-18H,3,5-6H2,1-2H3. The minimum atomic E-state index is -4.60. The molecule has 0 saturated heterocycles. The molecule has 1 aliphatic rings. The van der Waals surface area contributed by atoms with Crippen LogP contribution in [0.25, 0.3) is 0 Å². The highest BCUT2D eigenvalue weighted by Gasteiger charge is 2.38. The van der Waals surface area contributed by atoms with Gasteiger partial charge in [0.2, 0.25) is 0 Å². The van der Waals surface area contributed by atoms with Crippen LogP contribution in [0.1, 0.15) is 25.1 Å². The Labute approximate surface area is 133 Å². The third kappa shape index (κ3) is 3.47. The molecule has 5 nitrogen and oxygen atoms in total. The SMILES string of the molecule is CCn1[nH]c(C(F)(F)F)c(CSC2=CC(C)(CCl)ON2)c1=O. The van der Waals surface area contributed by atoms with Gasteiger partial charge in [0.05, 0.1) is 16.5 Å². The van der Waals surface area contributed by atoms with Crippen molar-refractivity contribution in [3.63, 3.8) is 0 Å². The smallest absolute Gasteiger partial charge is 0.291 e. The number of rotatable bonds is 5. The van der Waals surface area contributed by atoms with Crippen molar-refractivity contribution in [1.82, 2.24) is 15.3 Å². The summed E-state index contributed by atoms with van der Waals surface area (Å²) in [6.07, 6.45) is -2.92. The van der Waals surface area contributed by atoms with Gasteiger partial charge in [-0.15, -0.1) is 23.4 Å². The maximum atomic E-state index is 13.0. The molecule has 2 heterocycles. The van der Waals surface area contributed by atoms with Crippen molar-refractivity contribution < 1.29 is 18.0 Å². The summed E-state index contributed by atoms with van der Waals surface area (Å²) in [4.78, 5) is 17.2. The van der Waals surface area contributed by atoms with Gasteiger partial charge in [-0.3, -0.25) is 24.9 Å². The van der Waals surface area contributed by atoms with Crippen molar-refractivity contribution in [3.05, 3.63) is 32.7 Å². The minimum absolute atomic E-state index is 0.127. The third-order valence-electron chi connectivity index (χ3n) is 3.11. The highest BCUT2D eigenvalue weighted by atomic mass is 35.5. The molecule has 0 amide bonds. The first-order valence-electron chi connectivity index (χ1n) is 6.44. The molecule has 0 fully saturated rings. The van der Waals surface area contributed by atoms with E-state index in [4.69, 9.17) is 16.4 Å². The Kier molecular flexibility index (Phi) is 4.88. The van der Waals surface area contributed by atoms with Gasteiger partial charge in [0.25, 0.3) is 5.56 Å². The van der Waals surface area contributed by atoms with Crippen molar-refractivity contribution in [3.8, 4) is 0 Å². The molecule has 22 heavy (non-hydrogen) atoms. The molecule has 2 N–H and O–H groups in total. The van der Waals surface area contributed by atoms with E-state index in [1.54, 1.807) is 19.9 Å². The molecule has 1 atom stereocenters. The maximum Gasteiger partial charge on any atom is 0.433 e. The van der Waals surface area contributed by atoms with E-state index in [0.717, 1.165) is 16.4 Å². The fourth-order valence-corrected chi connectivity index (χ4v) is 3.04. The number of aromatic nitrogens is 2. The van der Waals surface area contributed by atoms with E-state index in [1.807, 2.05) is 0 Å². The largest absolute Gasteiger partial charge is 0.433 e. The second-order valence-electron chi connectivity index (χ2n) is 4.96. The highest BCUT2D eigenvalue weighted by Crippen LogP contribution is 2.33. The van der Waals surface area contributed by atoms with Crippen LogP contribution in [0.5, 0.6) is 0 Å². The van der Waals surface area contributed by atoms with Gasteiger partial charge < -0.3 is 0 Å². The normalized spacial score (nSPS) is 21.8. The van der Waals surface area contributed by atoms with Crippen LogP contribution in [-0.2, 0) is 23.3 Å². The topological polar surface area (TPSA) is 59.0 Å².